The molecule has 0 aromatic carbocycles. The summed E-state index contributed by atoms with van der Waals surface area (Å²) in [5, 5.41) is 0. The van der Waals surface area contributed by atoms with Crippen LogP contribution in [0.2, 0.25) is 0 Å². The summed E-state index contributed by atoms with van der Waals surface area (Å²) in [6.45, 7) is 6.64. The van der Waals surface area contributed by atoms with Crippen LogP contribution in [0.1, 0.15) is 290 Å². The molecule has 0 aliphatic carbocycles. The molecule has 0 saturated carbocycles. The van der Waals surface area contributed by atoms with Crippen LogP contribution in [0.15, 0.2) is 12.2 Å². The van der Waals surface area contributed by atoms with Gasteiger partial charge in [-0.3, -0.25) is 14.4 Å². The van der Waals surface area contributed by atoms with Gasteiger partial charge in [-0.2, -0.15) is 0 Å². The highest BCUT2D eigenvalue weighted by molar-refractivity contribution is 5.71. The van der Waals surface area contributed by atoms with Gasteiger partial charge in [0, 0.05) is 19.3 Å². The topological polar surface area (TPSA) is 78.9 Å². The Kier molecular flexibility index (Phi) is 47.3. The molecule has 1 unspecified atom stereocenters. The van der Waals surface area contributed by atoms with Crippen molar-refractivity contribution < 1.29 is 28.6 Å². The minimum absolute atomic E-state index is 0.0671. The highest BCUT2D eigenvalue weighted by Crippen LogP contribution is 2.16. The van der Waals surface area contributed by atoms with Crippen LogP contribution in [0, 0.1) is 0 Å². The van der Waals surface area contributed by atoms with E-state index in [0.717, 1.165) is 64.2 Å². The van der Waals surface area contributed by atoms with Gasteiger partial charge in [-0.15, -0.1) is 0 Å². The molecule has 6 nitrogen and oxygen atoms in total. The zero-order valence-electron chi connectivity index (χ0n) is 39.8. The van der Waals surface area contributed by atoms with Crippen LogP contribution in [-0.4, -0.2) is 37.2 Å². The number of carbonyl (C=O) groups is 3. The van der Waals surface area contributed by atoms with E-state index < -0.39 is 6.10 Å². The summed E-state index contributed by atoms with van der Waals surface area (Å²) in [5.41, 5.74) is 0. The van der Waals surface area contributed by atoms with Gasteiger partial charge in [-0.25, -0.2) is 0 Å². The van der Waals surface area contributed by atoms with Crippen molar-refractivity contribution >= 4 is 17.9 Å². The lowest BCUT2D eigenvalue weighted by molar-refractivity contribution is -0.167. The van der Waals surface area contributed by atoms with E-state index in [0.29, 0.717) is 19.3 Å². The first kappa shape index (κ1) is 57.1. The SMILES string of the molecule is CCCCC/C=C\CCCCCCCC(=O)OCC(COC(=O)CCCCCCCCCCCCCCCCC)OC(=O)CCCCCCCCCCCCCCCC. The minimum atomic E-state index is -0.766. The molecule has 0 heterocycles. The quantitative estimate of drug-likeness (QED) is 0.0263. The first-order valence-electron chi connectivity index (χ1n) is 26.2. The second kappa shape index (κ2) is 48.8. The lowest BCUT2D eigenvalue weighted by Crippen LogP contribution is -2.30. The molecule has 0 aliphatic heterocycles. The number of carbonyl (C=O) groups excluding carboxylic acids is 3. The number of hydrogen-bond donors (Lipinski definition) is 0. The summed E-state index contributed by atoms with van der Waals surface area (Å²) in [6, 6.07) is 0. The van der Waals surface area contributed by atoms with E-state index in [2.05, 4.69) is 32.9 Å². The van der Waals surface area contributed by atoms with E-state index in [9.17, 15) is 14.4 Å². The predicted octanol–water partition coefficient (Wildman–Crippen LogP) is 17.0. The number of esters is 3. The Bertz CT molecular complexity index is 916. The Morgan fingerprint density at radius 1 is 0.322 bits per heavy atom. The number of unbranched alkanes of at least 4 members (excludes halogenated alkanes) is 35. The second-order valence-electron chi connectivity index (χ2n) is 17.8. The van der Waals surface area contributed by atoms with Gasteiger partial charge in [0.2, 0.25) is 0 Å². The van der Waals surface area contributed by atoms with Gasteiger partial charge in [0.05, 0.1) is 0 Å². The Labute approximate surface area is 367 Å². The fraction of sp³-hybridized carbons (Fsp3) is 0.906. The van der Waals surface area contributed by atoms with Gasteiger partial charge in [0.25, 0.3) is 0 Å². The number of hydrogen-bond acceptors (Lipinski definition) is 6. The molecular weight excluding hydrogens is 733 g/mol. The average Bonchev–Trinajstić information content (AvgIpc) is 3.23. The molecule has 0 radical (unpaired) electrons. The standard InChI is InChI=1S/C53H100O6/c1-4-7-10-13-16-19-22-25-27-29-31-34-37-40-43-46-52(55)58-49-50(48-57-51(54)45-42-39-36-33-30-24-21-18-15-12-9-6-3)59-53(56)47-44-41-38-35-32-28-26-23-20-17-14-11-8-5-2/h18,21,50H,4-17,19-20,22-49H2,1-3H3/b21-18-. The first-order valence-corrected chi connectivity index (χ1v) is 26.2. The fourth-order valence-corrected chi connectivity index (χ4v) is 7.79. The monoisotopic (exact) mass is 833 g/mol. The van der Waals surface area contributed by atoms with Crippen LogP contribution in [0.25, 0.3) is 0 Å². The first-order chi connectivity index (χ1) is 29.0. The van der Waals surface area contributed by atoms with E-state index >= 15 is 0 Å². The van der Waals surface area contributed by atoms with Gasteiger partial charge < -0.3 is 14.2 Å². The van der Waals surface area contributed by atoms with Crippen molar-refractivity contribution in [3.8, 4) is 0 Å². The lowest BCUT2D eigenvalue weighted by Gasteiger charge is -2.18. The summed E-state index contributed by atoms with van der Waals surface area (Å²) in [6.07, 6.45) is 53.3. The van der Waals surface area contributed by atoms with Crippen molar-refractivity contribution in [1.82, 2.24) is 0 Å². The molecule has 0 amide bonds. The molecular formula is C53H100O6. The van der Waals surface area contributed by atoms with E-state index in [1.807, 2.05) is 0 Å². The summed E-state index contributed by atoms with van der Waals surface area (Å²) in [5.74, 6) is -0.859. The Hall–Kier alpha value is -1.85. The third-order valence-electron chi connectivity index (χ3n) is 11.8. The normalized spacial score (nSPS) is 12.0. The van der Waals surface area contributed by atoms with Gasteiger partial charge in [-0.05, 0) is 44.9 Å². The Balaban J connectivity index is 4.32. The van der Waals surface area contributed by atoms with Gasteiger partial charge in [0.15, 0.2) is 6.10 Å². The Morgan fingerprint density at radius 2 is 0.559 bits per heavy atom. The van der Waals surface area contributed by atoms with Crippen LogP contribution >= 0.6 is 0 Å². The molecule has 59 heavy (non-hydrogen) atoms. The Morgan fingerprint density at radius 3 is 0.881 bits per heavy atom. The molecule has 0 spiro atoms. The summed E-state index contributed by atoms with van der Waals surface area (Å²) in [7, 11) is 0. The van der Waals surface area contributed by atoms with Gasteiger partial charge in [-0.1, -0.05) is 238 Å². The second-order valence-corrected chi connectivity index (χ2v) is 17.8. The molecule has 0 bridgehead atoms. The van der Waals surface area contributed by atoms with Crippen molar-refractivity contribution in [2.75, 3.05) is 13.2 Å². The van der Waals surface area contributed by atoms with E-state index in [-0.39, 0.29) is 31.1 Å². The van der Waals surface area contributed by atoms with Crippen molar-refractivity contribution in [3.05, 3.63) is 12.2 Å². The van der Waals surface area contributed by atoms with Crippen molar-refractivity contribution in [1.29, 1.82) is 0 Å². The smallest absolute Gasteiger partial charge is 0.306 e. The third kappa shape index (κ3) is 47.1. The van der Waals surface area contributed by atoms with Crippen LogP contribution in [-0.2, 0) is 28.6 Å². The van der Waals surface area contributed by atoms with Crippen molar-refractivity contribution in [3.63, 3.8) is 0 Å². The van der Waals surface area contributed by atoms with Gasteiger partial charge in [0.1, 0.15) is 13.2 Å². The van der Waals surface area contributed by atoms with Crippen LogP contribution in [0.3, 0.4) is 0 Å². The number of allylic oxidation sites excluding steroid dienone is 2. The zero-order valence-corrected chi connectivity index (χ0v) is 39.8. The predicted molar refractivity (Wildman–Crippen MR) is 252 cm³/mol. The van der Waals surface area contributed by atoms with Crippen molar-refractivity contribution in [2.24, 2.45) is 0 Å². The number of rotatable bonds is 48. The van der Waals surface area contributed by atoms with Crippen LogP contribution in [0.5, 0.6) is 0 Å². The maximum Gasteiger partial charge on any atom is 0.306 e. The molecule has 1 atom stereocenters. The third-order valence-corrected chi connectivity index (χ3v) is 11.8. The molecule has 0 N–H and O–H groups in total. The molecule has 0 rings (SSSR count). The van der Waals surface area contributed by atoms with Gasteiger partial charge >= 0.3 is 17.9 Å². The number of ether oxygens (including phenoxy) is 3. The molecule has 0 aromatic heterocycles. The van der Waals surface area contributed by atoms with Crippen molar-refractivity contribution in [2.45, 2.75) is 297 Å². The molecule has 0 saturated heterocycles. The molecule has 0 fully saturated rings. The van der Waals surface area contributed by atoms with Crippen LogP contribution < -0.4 is 0 Å². The summed E-state index contributed by atoms with van der Waals surface area (Å²) >= 11 is 0. The zero-order chi connectivity index (χ0) is 43.0. The van der Waals surface area contributed by atoms with E-state index in [1.165, 1.54) is 186 Å². The highest BCUT2D eigenvalue weighted by atomic mass is 16.6. The molecule has 0 aromatic rings. The maximum absolute atomic E-state index is 12.8. The summed E-state index contributed by atoms with van der Waals surface area (Å²) in [4.78, 5) is 37.9. The fourth-order valence-electron chi connectivity index (χ4n) is 7.79. The lowest BCUT2D eigenvalue weighted by atomic mass is 10.0. The maximum atomic E-state index is 12.8. The molecule has 6 heteroatoms. The largest absolute Gasteiger partial charge is 0.462 e. The van der Waals surface area contributed by atoms with E-state index in [1.54, 1.807) is 0 Å². The minimum Gasteiger partial charge on any atom is -0.462 e. The molecule has 348 valence electrons. The summed E-state index contributed by atoms with van der Waals surface area (Å²) < 4.78 is 16.8. The highest BCUT2D eigenvalue weighted by Gasteiger charge is 2.19. The van der Waals surface area contributed by atoms with E-state index in [4.69, 9.17) is 14.2 Å². The van der Waals surface area contributed by atoms with Crippen LogP contribution in [0.4, 0.5) is 0 Å². The average molecular weight is 833 g/mol. The molecule has 0 aliphatic rings.